The number of unbranched alkanes of at least 4 members (excludes halogenated alkanes) is 13. The van der Waals surface area contributed by atoms with Gasteiger partial charge in [-0.2, -0.15) is 65.9 Å². The summed E-state index contributed by atoms with van der Waals surface area (Å²) >= 11 is 1.13. The van der Waals surface area contributed by atoms with Crippen LogP contribution >= 0.6 is 22.6 Å². The summed E-state index contributed by atoms with van der Waals surface area (Å²) in [5.41, 5.74) is 0. The molecule has 248 valence electrons. The van der Waals surface area contributed by atoms with Crippen LogP contribution in [0.4, 0.5) is 65.9 Å². The fourth-order valence-corrected chi connectivity index (χ4v) is 5.06. The third-order valence-electron chi connectivity index (χ3n) is 6.74. The third-order valence-corrected chi connectivity index (χ3v) is 7.80. The Morgan fingerprint density at radius 3 is 1.05 bits per heavy atom. The number of hydrogen-bond acceptors (Lipinski definition) is 0. The molecule has 0 aliphatic carbocycles. The van der Waals surface area contributed by atoms with E-state index < -0.39 is 52.1 Å². The summed E-state index contributed by atoms with van der Waals surface area (Å²) in [5, 5.41) is 0. The highest BCUT2D eigenvalue weighted by atomic mass is 127. The lowest BCUT2D eigenvalue weighted by Crippen LogP contribution is -2.72. The van der Waals surface area contributed by atoms with Crippen LogP contribution in [0.2, 0.25) is 0 Å². The second-order valence-corrected chi connectivity index (χ2v) is 12.0. The van der Waals surface area contributed by atoms with Gasteiger partial charge in [0.15, 0.2) is 0 Å². The molecule has 0 aromatic rings. The Kier molecular flexibility index (Phi) is 16.0. The van der Waals surface area contributed by atoms with Crippen LogP contribution in [0, 0.1) is 0 Å². The molecule has 0 saturated carbocycles. The van der Waals surface area contributed by atoms with Crippen LogP contribution in [0.3, 0.4) is 0 Å². The van der Waals surface area contributed by atoms with Crippen LogP contribution in [0.1, 0.15) is 110 Å². The van der Waals surface area contributed by atoms with E-state index in [0.29, 0.717) is 12.8 Å². The van der Waals surface area contributed by atoms with E-state index in [2.05, 4.69) is 6.92 Å². The maximum Gasteiger partial charge on any atom is 0.460 e. The molecule has 0 spiro atoms. The highest BCUT2D eigenvalue weighted by Crippen LogP contribution is 2.62. The summed E-state index contributed by atoms with van der Waals surface area (Å²) < 4.78 is 198. The lowest BCUT2D eigenvalue weighted by molar-refractivity contribution is -0.452. The fourth-order valence-electron chi connectivity index (χ4n) is 4.07. The SMILES string of the molecule is CCCCCCCCCCCCCCCCC(I)CC(F)(F)C(F)(F)C(F)(F)C(F)(F)C(F)(F)C(F)(F)C(F)(F)F. The molecule has 0 N–H and O–H groups in total. The molecule has 16 heteroatoms. The molecule has 0 aliphatic heterocycles. The van der Waals surface area contributed by atoms with E-state index in [-0.39, 0.29) is 12.8 Å². The van der Waals surface area contributed by atoms with Gasteiger partial charge in [-0.05, 0) is 6.42 Å². The molecular formula is C25H36F15I. The summed E-state index contributed by atoms with van der Waals surface area (Å²) in [6.45, 7) is 2.14. The first-order chi connectivity index (χ1) is 18.5. The van der Waals surface area contributed by atoms with Crippen molar-refractivity contribution in [2.45, 2.75) is 155 Å². The van der Waals surface area contributed by atoms with Gasteiger partial charge in [-0.25, -0.2) is 0 Å². The van der Waals surface area contributed by atoms with Crippen molar-refractivity contribution in [3.05, 3.63) is 0 Å². The van der Waals surface area contributed by atoms with Gasteiger partial charge in [-0.15, -0.1) is 0 Å². The van der Waals surface area contributed by atoms with Gasteiger partial charge in [0.2, 0.25) is 0 Å². The van der Waals surface area contributed by atoms with Crippen molar-refractivity contribution in [3.8, 4) is 0 Å². The van der Waals surface area contributed by atoms with Crippen LogP contribution in [0.5, 0.6) is 0 Å². The lowest BCUT2D eigenvalue weighted by Gasteiger charge is -2.41. The van der Waals surface area contributed by atoms with E-state index in [9.17, 15) is 65.9 Å². The second-order valence-electron chi connectivity index (χ2n) is 10.3. The van der Waals surface area contributed by atoms with Crippen molar-refractivity contribution in [2.24, 2.45) is 0 Å². The average Bonchev–Trinajstić information content (AvgIpc) is 2.82. The summed E-state index contributed by atoms with van der Waals surface area (Å²) in [5.74, 6) is -45.9. The molecule has 41 heavy (non-hydrogen) atoms. The molecule has 0 aromatic carbocycles. The molecule has 0 saturated heterocycles. The molecule has 1 atom stereocenters. The fraction of sp³-hybridized carbons (Fsp3) is 1.00. The van der Waals surface area contributed by atoms with Gasteiger partial charge in [0.05, 0.1) is 0 Å². The minimum absolute atomic E-state index is 0.148. The molecule has 0 rings (SSSR count). The van der Waals surface area contributed by atoms with Crippen molar-refractivity contribution < 1.29 is 65.9 Å². The standard InChI is InChI=1S/C25H36F15I/c1-2-3-4-5-6-7-8-9-10-11-12-13-14-15-16-18(41)17-19(26,27)20(28,29)21(30,31)22(32,33)23(34,35)24(36,37)25(38,39)40/h18H,2-17H2,1H3. The molecule has 0 nitrogen and oxygen atoms in total. The van der Waals surface area contributed by atoms with Crippen LogP contribution in [-0.2, 0) is 0 Å². The van der Waals surface area contributed by atoms with Crippen LogP contribution in [-0.4, -0.2) is 45.6 Å². The first-order valence-corrected chi connectivity index (χ1v) is 14.7. The molecule has 0 aliphatic rings. The van der Waals surface area contributed by atoms with Crippen LogP contribution in [0.15, 0.2) is 0 Å². The van der Waals surface area contributed by atoms with Gasteiger partial charge in [-0.1, -0.05) is 119 Å². The average molecular weight is 748 g/mol. The Labute approximate surface area is 243 Å². The Balaban J connectivity index is 4.83. The van der Waals surface area contributed by atoms with Gasteiger partial charge < -0.3 is 0 Å². The van der Waals surface area contributed by atoms with Gasteiger partial charge in [0, 0.05) is 10.3 Å². The van der Waals surface area contributed by atoms with E-state index in [1.807, 2.05) is 0 Å². The van der Waals surface area contributed by atoms with Crippen LogP contribution in [0.25, 0.3) is 0 Å². The van der Waals surface area contributed by atoms with E-state index >= 15 is 0 Å². The van der Waals surface area contributed by atoms with Crippen LogP contribution < -0.4 is 0 Å². The molecule has 0 heterocycles. The largest absolute Gasteiger partial charge is 0.460 e. The van der Waals surface area contributed by atoms with Gasteiger partial charge in [0.1, 0.15) is 0 Å². The Morgan fingerprint density at radius 2 is 0.707 bits per heavy atom. The summed E-state index contributed by atoms with van der Waals surface area (Å²) in [6.07, 6.45) is 3.10. The zero-order valence-corrected chi connectivity index (χ0v) is 24.6. The van der Waals surface area contributed by atoms with Crippen molar-refractivity contribution in [3.63, 3.8) is 0 Å². The molecule has 0 bridgehead atoms. The predicted octanol–water partition coefficient (Wildman–Crippen LogP) is 12.4. The second kappa shape index (κ2) is 16.1. The van der Waals surface area contributed by atoms with Crippen molar-refractivity contribution in [1.29, 1.82) is 0 Å². The Hall–Kier alpha value is -0.320. The normalized spacial score (nSPS) is 15.4. The van der Waals surface area contributed by atoms with E-state index in [1.165, 1.54) is 32.1 Å². The monoisotopic (exact) mass is 748 g/mol. The minimum Gasteiger partial charge on any atom is -0.200 e. The summed E-state index contributed by atoms with van der Waals surface area (Å²) in [6, 6.07) is 0. The summed E-state index contributed by atoms with van der Waals surface area (Å²) in [7, 11) is 0. The molecule has 0 amide bonds. The zero-order valence-electron chi connectivity index (χ0n) is 22.4. The number of alkyl halides is 16. The molecule has 0 radical (unpaired) electrons. The van der Waals surface area contributed by atoms with E-state index in [4.69, 9.17) is 0 Å². The molecular weight excluding hydrogens is 712 g/mol. The maximum absolute atomic E-state index is 14.1. The maximum atomic E-state index is 14.1. The van der Waals surface area contributed by atoms with Gasteiger partial charge in [-0.3, -0.25) is 0 Å². The summed E-state index contributed by atoms with van der Waals surface area (Å²) in [4.78, 5) is 0. The van der Waals surface area contributed by atoms with Crippen molar-refractivity contribution >= 4 is 22.6 Å². The Bertz CT molecular complexity index is 735. The predicted molar refractivity (Wildman–Crippen MR) is 133 cm³/mol. The molecule has 0 aromatic heterocycles. The first-order valence-electron chi connectivity index (χ1n) is 13.4. The number of rotatable bonds is 22. The smallest absolute Gasteiger partial charge is 0.200 e. The van der Waals surface area contributed by atoms with Crippen molar-refractivity contribution in [2.75, 3.05) is 0 Å². The third kappa shape index (κ3) is 10.1. The number of hydrogen-bond donors (Lipinski definition) is 0. The van der Waals surface area contributed by atoms with E-state index in [1.54, 1.807) is 0 Å². The van der Waals surface area contributed by atoms with Gasteiger partial charge in [0.25, 0.3) is 0 Å². The lowest BCUT2D eigenvalue weighted by atomic mass is 9.89. The molecule has 0 fully saturated rings. The zero-order chi connectivity index (χ0) is 32.4. The van der Waals surface area contributed by atoms with E-state index in [0.717, 1.165) is 61.1 Å². The first kappa shape index (κ1) is 40.7. The highest BCUT2D eigenvalue weighted by Gasteiger charge is 2.93. The topological polar surface area (TPSA) is 0 Å². The minimum atomic E-state index is -8.22. The number of halogens is 16. The van der Waals surface area contributed by atoms with Crippen molar-refractivity contribution in [1.82, 2.24) is 0 Å². The quantitative estimate of drug-likeness (QED) is 0.0448. The highest BCUT2D eigenvalue weighted by molar-refractivity contribution is 14.1. The Morgan fingerprint density at radius 1 is 0.415 bits per heavy atom. The van der Waals surface area contributed by atoms with Gasteiger partial charge >= 0.3 is 41.7 Å². The molecule has 1 unspecified atom stereocenters.